The molecule has 0 atom stereocenters. The second kappa shape index (κ2) is 7.74. The topological polar surface area (TPSA) is 30.7 Å². The summed E-state index contributed by atoms with van der Waals surface area (Å²) in [5, 5.41) is 8.20. The Hall–Kier alpha value is -5.02. The van der Waals surface area contributed by atoms with E-state index in [0.29, 0.717) is 5.95 Å². The SMILES string of the molecule is c1ccc(-c2nc(-n3c4ccccc4c4cc5ccccc5cc43)nc3c2ccc2ccccc23)cc1. The van der Waals surface area contributed by atoms with Crippen LogP contribution in [0.4, 0.5) is 0 Å². The lowest BCUT2D eigenvalue weighted by atomic mass is 10.0. The Morgan fingerprint density at radius 2 is 1.11 bits per heavy atom. The Morgan fingerprint density at radius 1 is 0.432 bits per heavy atom. The zero-order valence-corrected chi connectivity index (χ0v) is 20.0. The molecule has 8 rings (SSSR count). The van der Waals surface area contributed by atoms with Gasteiger partial charge >= 0.3 is 0 Å². The molecule has 172 valence electrons. The van der Waals surface area contributed by atoms with Crippen LogP contribution in [0.15, 0.2) is 127 Å². The maximum absolute atomic E-state index is 5.26. The summed E-state index contributed by atoms with van der Waals surface area (Å²) in [5.41, 5.74) is 5.20. The van der Waals surface area contributed by atoms with Crippen molar-refractivity contribution in [3.63, 3.8) is 0 Å². The highest BCUT2D eigenvalue weighted by atomic mass is 15.2. The van der Waals surface area contributed by atoms with Crippen molar-refractivity contribution in [1.29, 1.82) is 0 Å². The van der Waals surface area contributed by atoms with Crippen molar-refractivity contribution in [2.75, 3.05) is 0 Å². The predicted octanol–water partition coefficient (Wildman–Crippen LogP) is 8.70. The van der Waals surface area contributed by atoms with Crippen LogP contribution in [0.3, 0.4) is 0 Å². The first-order chi connectivity index (χ1) is 18.3. The van der Waals surface area contributed by atoms with Crippen molar-refractivity contribution >= 4 is 54.3 Å². The monoisotopic (exact) mass is 471 g/mol. The van der Waals surface area contributed by atoms with E-state index in [-0.39, 0.29) is 0 Å². The van der Waals surface area contributed by atoms with Gasteiger partial charge in [0.05, 0.1) is 22.2 Å². The van der Waals surface area contributed by atoms with Crippen LogP contribution < -0.4 is 0 Å². The largest absolute Gasteiger partial charge is 0.278 e. The van der Waals surface area contributed by atoms with Crippen molar-refractivity contribution in [1.82, 2.24) is 14.5 Å². The Morgan fingerprint density at radius 3 is 1.95 bits per heavy atom. The third-order valence-electron chi connectivity index (χ3n) is 7.37. The molecule has 6 aromatic carbocycles. The van der Waals surface area contributed by atoms with E-state index in [4.69, 9.17) is 9.97 Å². The zero-order chi connectivity index (χ0) is 24.3. The van der Waals surface area contributed by atoms with E-state index in [1.165, 1.54) is 26.9 Å². The molecule has 2 heterocycles. The summed E-state index contributed by atoms with van der Waals surface area (Å²) in [6, 6.07) is 44.8. The quantitative estimate of drug-likeness (QED) is 0.236. The third-order valence-corrected chi connectivity index (χ3v) is 7.37. The van der Waals surface area contributed by atoms with Gasteiger partial charge in [-0.3, -0.25) is 4.57 Å². The molecular weight excluding hydrogens is 450 g/mol. The van der Waals surface area contributed by atoms with Crippen molar-refractivity contribution in [2.45, 2.75) is 0 Å². The minimum Gasteiger partial charge on any atom is -0.278 e. The highest BCUT2D eigenvalue weighted by Crippen LogP contribution is 2.36. The lowest BCUT2D eigenvalue weighted by Gasteiger charge is -2.13. The molecule has 37 heavy (non-hydrogen) atoms. The average Bonchev–Trinajstić information content (AvgIpc) is 3.29. The predicted molar refractivity (Wildman–Crippen MR) is 154 cm³/mol. The molecule has 0 radical (unpaired) electrons. The van der Waals surface area contributed by atoms with Crippen molar-refractivity contribution in [3.05, 3.63) is 127 Å². The van der Waals surface area contributed by atoms with Gasteiger partial charge in [0.15, 0.2) is 0 Å². The van der Waals surface area contributed by atoms with Crippen LogP contribution in [-0.2, 0) is 0 Å². The van der Waals surface area contributed by atoms with Crippen LogP contribution >= 0.6 is 0 Å². The lowest BCUT2D eigenvalue weighted by Crippen LogP contribution is -2.03. The summed E-state index contributed by atoms with van der Waals surface area (Å²) in [6.45, 7) is 0. The highest BCUT2D eigenvalue weighted by molar-refractivity contribution is 6.14. The van der Waals surface area contributed by atoms with E-state index in [1.54, 1.807) is 0 Å². The molecule has 0 saturated heterocycles. The molecular formula is C34H21N3. The number of benzene rings is 6. The Balaban J connectivity index is 1.56. The molecule has 8 aromatic rings. The average molecular weight is 472 g/mol. The van der Waals surface area contributed by atoms with Gasteiger partial charge in [-0.05, 0) is 40.4 Å². The van der Waals surface area contributed by atoms with E-state index in [1.807, 2.05) is 6.07 Å². The minimum absolute atomic E-state index is 0.684. The number of nitrogens with zero attached hydrogens (tertiary/aromatic N) is 3. The molecule has 0 unspecified atom stereocenters. The summed E-state index contributed by atoms with van der Waals surface area (Å²) in [6.07, 6.45) is 0. The molecule has 0 aliphatic rings. The molecule has 0 aliphatic carbocycles. The van der Waals surface area contributed by atoms with Crippen molar-refractivity contribution in [2.24, 2.45) is 0 Å². The number of para-hydroxylation sites is 1. The van der Waals surface area contributed by atoms with Crippen LogP contribution in [0, 0.1) is 0 Å². The number of fused-ring (bicyclic) bond motifs is 7. The fourth-order valence-electron chi connectivity index (χ4n) is 5.64. The second-order valence-electron chi connectivity index (χ2n) is 9.49. The van der Waals surface area contributed by atoms with Crippen LogP contribution in [-0.4, -0.2) is 14.5 Å². The maximum atomic E-state index is 5.26. The molecule has 3 heteroatoms. The standard InChI is InChI=1S/C34H21N3/c1-2-11-23(12-3-1)32-28-19-18-22-10-6-7-15-26(22)33(28)36-34(35-32)37-30-17-9-8-16-27(30)29-20-24-13-4-5-14-25(24)21-31(29)37/h1-21H. The first kappa shape index (κ1) is 20.2. The van der Waals surface area contributed by atoms with E-state index < -0.39 is 0 Å². The molecule has 0 amide bonds. The summed E-state index contributed by atoms with van der Waals surface area (Å²) in [4.78, 5) is 10.5. The molecule has 0 fully saturated rings. The first-order valence-electron chi connectivity index (χ1n) is 12.5. The smallest absolute Gasteiger partial charge is 0.235 e. The minimum atomic E-state index is 0.684. The molecule has 3 nitrogen and oxygen atoms in total. The van der Waals surface area contributed by atoms with E-state index in [9.17, 15) is 0 Å². The highest BCUT2D eigenvalue weighted by Gasteiger charge is 2.18. The fourth-order valence-corrected chi connectivity index (χ4v) is 5.64. The summed E-state index contributed by atoms with van der Waals surface area (Å²) in [5.74, 6) is 0.684. The Bertz CT molecular complexity index is 2140. The Labute approximate surface area is 213 Å². The van der Waals surface area contributed by atoms with E-state index in [2.05, 4.69) is 126 Å². The van der Waals surface area contributed by atoms with Gasteiger partial charge in [-0.2, -0.15) is 0 Å². The van der Waals surface area contributed by atoms with Gasteiger partial charge in [0.1, 0.15) is 0 Å². The molecule has 0 N–H and O–H groups in total. The van der Waals surface area contributed by atoms with Crippen LogP contribution in [0.5, 0.6) is 0 Å². The van der Waals surface area contributed by atoms with Crippen LogP contribution in [0.1, 0.15) is 0 Å². The fraction of sp³-hybridized carbons (Fsp3) is 0. The van der Waals surface area contributed by atoms with Gasteiger partial charge in [0.2, 0.25) is 5.95 Å². The summed E-state index contributed by atoms with van der Waals surface area (Å²) < 4.78 is 2.23. The molecule has 0 saturated carbocycles. The molecule has 0 bridgehead atoms. The van der Waals surface area contributed by atoms with Gasteiger partial charge in [0.25, 0.3) is 0 Å². The molecule has 0 spiro atoms. The zero-order valence-electron chi connectivity index (χ0n) is 20.0. The van der Waals surface area contributed by atoms with Crippen LogP contribution in [0.25, 0.3) is 71.5 Å². The maximum Gasteiger partial charge on any atom is 0.235 e. The molecule has 0 aliphatic heterocycles. The van der Waals surface area contributed by atoms with E-state index in [0.717, 1.165) is 38.6 Å². The number of aromatic nitrogens is 3. The summed E-state index contributed by atoms with van der Waals surface area (Å²) >= 11 is 0. The van der Waals surface area contributed by atoms with Gasteiger partial charge in [-0.25, -0.2) is 9.97 Å². The van der Waals surface area contributed by atoms with Gasteiger partial charge < -0.3 is 0 Å². The third kappa shape index (κ3) is 3.01. The second-order valence-corrected chi connectivity index (χ2v) is 9.49. The Kier molecular flexibility index (Phi) is 4.23. The van der Waals surface area contributed by atoms with Gasteiger partial charge in [-0.15, -0.1) is 0 Å². The van der Waals surface area contributed by atoms with Crippen LogP contribution in [0.2, 0.25) is 0 Å². The van der Waals surface area contributed by atoms with Gasteiger partial charge in [-0.1, -0.05) is 103 Å². The number of hydrogen-bond donors (Lipinski definition) is 0. The van der Waals surface area contributed by atoms with Crippen molar-refractivity contribution in [3.8, 4) is 17.2 Å². The number of rotatable bonds is 2. The van der Waals surface area contributed by atoms with Crippen molar-refractivity contribution < 1.29 is 0 Å². The molecule has 2 aromatic heterocycles. The lowest BCUT2D eigenvalue weighted by molar-refractivity contribution is 1.02. The number of hydrogen-bond acceptors (Lipinski definition) is 2. The summed E-state index contributed by atoms with van der Waals surface area (Å²) in [7, 11) is 0. The first-order valence-corrected chi connectivity index (χ1v) is 12.5. The van der Waals surface area contributed by atoms with E-state index >= 15 is 0 Å². The normalized spacial score (nSPS) is 11.8. The van der Waals surface area contributed by atoms with Gasteiger partial charge in [0, 0.05) is 27.1 Å².